The Labute approximate surface area is 61.5 Å². The molecule has 0 amide bonds. The standard InChI is InChI=1S/C7H11O2P/c8-10(9)7-4-5-1-2-6(7)3-5/h5-7H,1-4H2/p+1/t5-,6-,7+/m0/s1. The second-order valence-electron chi connectivity index (χ2n) is 3.54. The molecule has 0 aromatic rings. The third-order valence-corrected chi connectivity index (χ3v) is 4.18. The summed E-state index contributed by atoms with van der Waals surface area (Å²) in [7, 11) is -1.87. The summed E-state index contributed by atoms with van der Waals surface area (Å²) >= 11 is 0. The lowest BCUT2D eigenvalue weighted by Crippen LogP contribution is -2.11. The first-order chi connectivity index (χ1) is 4.77. The fourth-order valence-electron chi connectivity index (χ4n) is 2.48. The van der Waals surface area contributed by atoms with Crippen molar-refractivity contribution in [1.29, 1.82) is 0 Å². The van der Waals surface area contributed by atoms with Gasteiger partial charge in [-0.1, -0.05) is 0 Å². The second-order valence-corrected chi connectivity index (χ2v) is 4.81. The average molecular weight is 159 g/mol. The topological polar surface area (TPSA) is 37.3 Å². The largest absolute Gasteiger partial charge is 0.508 e. The minimum atomic E-state index is -1.87. The Morgan fingerprint density at radius 3 is 2.40 bits per heavy atom. The first-order valence-corrected chi connectivity index (χ1v) is 5.21. The van der Waals surface area contributed by atoms with Crippen LogP contribution < -0.4 is 0 Å². The van der Waals surface area contributed by atoms with E-state index in [1.165, 1.54) is 19.3 Å². The highest BCUT2D eigenvalue weighted by Gasteiger charge is 2.49. The van der Waals surface area contributed by atoms with Gasteiger partial charge in [0.25, 0.3) is 0 Å². The van der Waals surface area contributed by atoms with Crippen LogP contribution in [0, 0.1) is 11.8 Å². The number of rotatable bonds is 1. The van der Waals surface area contributed by atoms with Crippen molar-refractivity contribution in [3.63, 3.8) is 0 Å². The maximum Gasteiger partial charge on any atom is 0.508 e. The summed E-state index contributed by atoms with van der Waals surface area (Å²) in [4.78, 5) is 8.88. The zero-order chi connectivity index (χ0) is 7.14. The molecule has 2 aliphatic carbocycles. The van der Waals surface area contributed by atoms with E-state index in [0.717, 1.165) is 12.3 Å². The molecule has 2 aliphatic rings. The summed E-state index contributed by atoms with van der Waals surface area (Å²) in [5, 5.41) is 0. The lowest BCUT2D eigenvalue weighted by molar-refractivity contribution is 0.429. The Kier molecular flexibility index (Phi) is 1.54. The minimum Gasteiger partial charge on any atom is -0.161 e. The Morgan fingerprint density at radius 1 is 1.30 bits per heavy atom. The van der Waals surface area contributed by atoms with Gasteiger partial charge in [-0.15, -0.1) is 0 Å². The highest BCUT2D eigenvalue weighted by Crippen LogP contribution is 2.52. The molecule has 56 valence electrons. The first-order valence-electron chi connectivity index (χ1n) is 3.92. The van der Waals surface area contributed by atoms with Crippen molar-refractivity contribution >= 4 is 8.03 Å². The summed E-state index contributed by atoms with van der Waals surface area (Å²) in [6, 6.07) is 0. The molecule has 0 spiro atoms. The normalized spacial score (nSPS) is 46.1. The molecule has 0 aliphatic heterocycles. The molecule has 0 radical (unpaired) electrons. The molecule has 2 saturated carbocycles. The molecule has 1 N–H and O–H groups in total. The van der Waals surface area contributed by atoms with E-state index < -0.39 is 8.03 Å². The third kappa shape index (κ3) is 0.906. The van der Waals surface area contributed by atoms with Crippen LogP contribution in [0.3, 0.4) is 0 Å². The van der Waals surface area contributed by atoms with Crippen LogP contribution in [0.4, 0.5) is 0 Å². The zero-order valence-corrected chi connectivity index (χ0v) is 6.76. The van der Waals surface area contributed by atoms with Crippen molar-refractivity contribution in [2.75, 3.05) is 0 Å². The van der Waals surface area contributed by atoms with Crippen molar-refractivity contribution in [2.24, 2.45) is 11.8 Å². The SMILES string of the molecule is O=[P+](O)[C@@H]1C[C@H]2CC[C@H]1C2. The summed E-state index contributed by atoms with van der Waals surface area (Å²) in [6.45, 7) is 0. The smallest absolute Gasteiger partial charge is 0.161 e. The van der Waals surface area contributed by atoms with Crippen molar-refractivity contribution in [1.82, 2.24) is 0 Å². The van der Waals surface area contributed by atoms with Crippen molar-refractivity contribution in [2.45, 2.75) is 31.3 Å². The molecule has 0 aromatic carbocycles. The van der Waals surface area contributed by atoms with Gasteiger partial charge in [-0.3, -0.25) is 0 Å². The fourth-order valence-corrected chi connectivity index (χ4v) is 3.59. The lowest BCUT2D eigenvalue weighted by Gasteiger charge is -2.09. The fraction of sp³-hybridized carbons (Fsp3) is 1.00. The summed E-state index contributed by atoms with van der Waals surface area (Å²) < 4.78 is 10.7. The van der Waals surface area contributed by atoms with Gasteiger partial charge in [0.2, 0.25) is 0 Å². The first kappa shape index (κ1) is 6.75. The van der Waals surface area contributed by atoms with E-state index in [9.17, 15) is 4.57 Å². The van der Waals surface area contributed by atoms with Gasteiger partial charge in [0, 0.05) is 12.3 Å². The Balaban J connectivity index is 2.08. The van der Waals surface area contributed by atoms with Gasteiger partial charge in [-0.25, -0.2) is 0 Å². The Bertz CT molecular complexity index is 169. The van der Waals surface area contributed by atoms with Crippen molar-refractivity contribution in [3.05, 3.63) is 0 Å². The maximum atomic E-state index is 10.7. The number of hydrogen-bond acceptors (Lipinski definition) is 1. The van der Waals surface area contributed by atoms with Gasteiger partial charge < -0.3 is 0 Å². The molecule has 1 unspecified atom stereocenters. The molecule has 0 aromatic heterocycles. The van der Waals surface area contributed by atoms with Gasteiger partial charge in [0.15, 0.2) is 5.66 Å². The van der Waals surface area contributed by atoms with Crippen LogP contribution in [0.1, 0.15) is 25.7 Å². The molecule has 2 bridgehead atoms. The van der Waals surface area contributed by atoms with Gasteiger partial charge in [0.1, 0.15) is 0 Å². The lowest BCUT2D eigenvalue weighted by atomic mass is 10.0. The van der Waals surface area contributed by atoms with Crippen LogP contribution in [0.25, 0.3) is 0 Å². The van der Waals surface area contributed by atoms with Crippen LogP contribution in [0.15, 0.2) is 0 Å². The quantitative estimate of drug-likeness (QED) is 0.593. The van der Waals surface area contributed by atoms with E-state index in [0.29, 0.717) is 5.92 Å². The van der Waals surface area contributed by atoms with Crippen LogP contribution in [-0.2, 0) is 4.57 Å². The van der Waals surface area contributed by atoms with Crippen molar-refractivity contribution < 1.29 is 9.46 Å². The molecule has 10 heavy (non-hydrogen) atoms. The highest BCUT2D eigenvalue weighted by molar-refractivity contribution is 7.38. The monoisotopic (exact) mass is 159 g/mol. The summed E-state index contributed by atoms with van der Waals surface area (Å²) in [5.74, 6) is 1.39. The summed E-state index contributed by atoms with van der Waals surface area (Å²) in [6.07, 6.45) is 4.77. The molecule has 2 fully saturated rings. The molecule has 2 rings (SSSR count). The third-order valence-electron chi connectivity index (χ3n) is 2.98. The molecular weight excluding hydrogens is 147 g/mol. The predicted molar refractivity (Wildman–Crippen MR) is 39.1 cm³/mol. The van der Waals surface area contributed by atoms with E-state index in [2.05, 4.69) is 0 Å². The Morgan fingerprint density at radius 2 is 2.10 bits per heavy atom. The molecule has 3 heteroatoms. The predicted octanol–water partition coefficient (Wildman–Crippen LogP) is 1.91. The molecule has 0 heterocycles. The minimum absolute atomic E-state index is 0.161. The number of hydrogen-bond donors (Lipinski definition) is 1. The zero-order valence-electron chi connectivity index (χ0n) is 5.86. The van der Waals surface area contributed by atoms with Crippen LogP contribution in [0.2, 0.25) is 0 Å². The van der Waals surface area contributed by atoms with Crippen LogP contribution >= 0.6 is 8.03 Å². The van der Waals surface area contributed by atoms with E-state index >= 15 is 0 Å². The van der Waals surface area contributed by atoms with E-state index in [1.807, 2.05) is 0 Å². The molecular formula is C7H12O2P+. The van der Waals surface area contributed by atoms with Crippen LogP contribution in [0.5, 0.6) is 0 Å². The van der Waals surface area contributed by atoms with E-state index in [1.54, 1.807) is 0 Å². The summed E-state index contributed by atoms with van der Waals surface area (Å²) in [5.41, 5.74) is 0.161. The van der Waals surface area contributed by atoms with E-state index in [4.69, 9.17) is 4.89 Å². The van der Waals surface area contributed by atoms with Crippen molar-refractivity contribution in [3.8, 4) is 0 Å². The molecule has 0 saturated heterocycles. The molecule has 2 nitrogen and oxygen atoms in total. The highest BCUT2D eigenvalue weighted by atomic mass is 31.1. The van der Waals surface area contributed by atoms with E-state index in [-0.39, 0.29) is 5.66 Å². The van der Waals surface area contributed by atoms with Gasteiger partial charge in [0.05, 0.1) is 0 Å². The Hall–Kier alpha value is 0.0600. The average Bonchev–Trinajstić information content (AvgIpc) is 2.44. The van der Waals surface area contributed by atoms with Gasteiger partial charge >= 0.3 is 8.03 Å². The van der Waals surface area contributed by atoms with Crippen LogP contribution in [-0.4, -0.2) is 10.6 Å². The number of fused-ring (bicyclic) bond motifs is 2. The second kappa shape index (κ2) is 2.28. The molecule has 4 atom stereocenters. The maximum absolute atomic E-state index is 10.7. The van der Waals surface area contributed by atoms with Gasteiger partial charge in [-0.05, 0) is 29.7 Å². The van der Waals surface area contributed by atoms with Gasteiger partial charge in [-0.2, -0.15) is 4.89 Å².